The van der Waals surface area contributed by atoms with Crippen molar-refractivity contribution >= 4 is 22.4 Å². The molecule has 0 spiro atoms. The molecule has 6 rings (SSSR count). The molecule has 4 aliphatic rings. The molecule has 4 bridgehead atoms. The standard InChI is InChI=1S/C23H28N2O/c1-15(25-23-12-16-8-17(13-23)10-18(9-16)14-23)22(26)24-21-7-6-19-4-2-3-5-20(19)11-21/h2-7,11,15-18,25H,8-10,12-14H2,1H3,(H,24,26)/t15-,16?,17?,18?,23?/m1/s1. The molecule has 0 heterocycles. The van der Waals surface area contributed by atoms with Crippen molar-refractivity contribution in [1.29, 1.82) is 0 Å². The number of hydrogen-bond acceptors (Lipinski definition) is 2. The molecule has 26 heavy (non-hydrogen) atoms. The summed E-state index contributed by atoms with van der Waals surface area (Å²) in [5.41, 5.74) is 1.10. The van der Waals surface area contributed by atoms with Gasteiger partial charge in [0.2, 0.25) is 5.91 Å². The number of amides is 1. The number of benzene rings is 2. The SMILES string of the molecule is C[C@@H](NC12CC3CC(CC(C3)C1)C2)C(=O)Nc1ccc2ccccc2c1. The van der Waals surface area contributed by atoms with Gasteiger partial charge in [-0.15, -0.1) is 0 Å². The van der Waals surface area contributed by atoms with Gasteiger partial charge in [-0.05, 0) is 86.1 Å². The Morgan fingerprint density at radius 3 is 2.23 bits per heavy atom. The Bertz CT molecular complexity index is 808. The number of fused-ring (bicyclic) bond motifs is 1. The van der Waals surface area contributed by atoms with Crippen LogP contribution in [0.4, 0.5) is 5.69 Å². The highest BCUT2D eigenvalue weighted by Crippen LogP contribution is 2.55. The van der Waals surface area contributed by atoms with Gasteiger partial charge in [0, 0.05) is 11.2 Å². The number of carbonyl (C=O) groups excluding carboxylic acids is 1. The minimum absolute atomic E-state index is 0.0797. The summed E-state index contributed by atoms with van der Waals surface area (Å²) in [6.07, 6.45) is 8.10. The Labute approximate surface area is 155 Å². The largest absolute Gasteiger partial charge is 0.325 e. The number of hydrogen-bond donors (Lipinski definition) is 2. The first kappa shape index (κ1) is 16.3. The van der Waals surface area contributed by atoms with E-state index in [0.717, 1.165) is 28.8 Å². The summed E-state index contributed by atoms with van der Waals surface area (Å²) in [5.74, 6) is 2.76. The van der Waals surface area contributed by atoms with E-state index in [9.17, 15) is 4.79 Å². The van der Waals surface area contributed by atoms with E-state index in [1.54, 1.807) is 0 Å². The number of rotatable bonds is 4. The molecule has 2 aromatic rings. The van der Waals surface area contributed by atoms with Gasteiger partial charge in [0.15, 0.2) is 0 Å². The minimum Gasteiger partial charge on any atom is -0.325 e. The average Bonchev–Trinajstić information content (AvgIpc) is 2.60. The number of anilines is 1. The fourth-order valence-electron chi connectivity index (χ4n) is 6.33. The zero-order valence-electron chi connectivity index (χ0n) is 15.5. The van der Waals surface area contributed by atoms with Crippen LogP contribution in [0.25, 0.3) is 10.8 Å². The van der Waals surface area contributed by atoms with Crippen molar-refractivity contribution in [3.8, 4) is 0 Å². The molecule has 1 amide bonds. The molecular formula is C23H28N2O. The molecule has 2 N–H and O–H groups in total. The van der Waals surface area contributed by atoms with Crippen molar-refractivity contribution in [2.75, 3.05) is 5.32 Å². The average molecular weight is 348 g/mol. The van der Waals surface area contributed by atoms with Crippen LogP contribution in [-0.2, 0) is 4.79 Å². The molecule has 0 aliphatic heterocycles. The zero-order chi connectivity index (χ0) is 17.7. The monoisotopic (exact) mass is 348 g/mol. The van der Waals surface area contributed by atoms with Crippen molar-refractivity contribution in [2.24, 2.45) is 17.8 Å². The summed E-state index contributed by atoms with van der Waals surface area (Å²) in [5, 5.41) is 9.24. The van der Waals surface area contributed by atoms with Crippen molar-refractivity contribution in [1.82, 2.24) is 5.32 Å². The zero-order valence-corrected chi connectivity index (χ0v) is 15.5. The van der Waals surface area contributed by atoms with Crippen LogP contribution in [0.2, 0.25) is 0 Å². The minimum atomic E-state index is -0.155. The third kappa shape index (κ3) is 2.92. The summed E-state index contributed by atoms with van der Waals surface area (Å²) in [6.45, 7) is 2.02. The smallest absolute Gasteiger partial charge is 0.241 e. The second kappa shape index (κ2) is 6.09. The van der Waals surface area contributed by atoms with Crippen molar-refractivity contribution in [2.45, 2.75) is 57.0 Å². The van der Waals surface area contributed by atoms with Gasteiger partial charge < -0.3 is 10.6 Å². The summed E-state index contributed by atoms with van der Waals surface area (Å²) < 4.78 is 0. The van der Waals surface area contributed by atoms with Crippen LogP contribution in [0.15, 0.2) is 42.5 Å². The molecule has 1 atom stereocenters. The van der Waals surface area contributed by atoms with E-state index >= 15 is 0 Å². The molecule has 4 aliphatic carbocycles. The van der Waals surface area contributed by atoms with E-state index in [1.165, 1.54) is 43.9 Å². The molecule has 0 aromatic heterocycles. The van der Waals surface area contributed by atoms with Crippen molar-refractivity contribution < 1.29 is 4.79 Å². The van der Waals surface area contributed by atoms with E-state index in [4.69, 9.17) is 0 Å². The molecule has 4 fully saturated rings. The summed E-state index contributed by atoms with van der Waals surface area (Å²) in [6, 6.07) is 14.2. The van der Waals surface area contributed by atoms with Crippen LogP contribution in [0.3, 0.4) is 0 Å². The van der Waals surface area contributed by atoms with Gasteiger partial charge in [0.1, 0.15) is 0 Å². The van der Waals surface area contributed by atoms with Crippen LogP contribution in [0, 0.1) is 17.8 Å². The number of nitrogens with one attached hydrogen (secondary N) is 2. The number of carbonyl (C=O) groups is 1. The first-order valence-electron chi connectivity index (χ1n) is 10.2. The lowest BCUT2D eigenvalue weighted by Gasteiger charge is -2.57. The Morgan fingerprint density at radius 1 is 0.962 bits per heavy atom. The molecule has 0 saturated heterocycles. The van der Waals surface area contributed by atoms with Gasteiger partial charge >= 0.3 is 0 Å². The first-order chi connectivity index (χ1) is 12.6. The maximum Gasteiger partial charge on any atom is 0.241 e. The summed E-state index contributed by atoms with van der Waals surface area (Å²) in [7, 11) is 0. The predicted molar refractivity (Wildman–Crippen MR) is 106 cm³/mol. The molecule has 0 unspecified atom stereocenters. The van der Waals surface area contributed by atoms with Crippen LogP contribution in [0.5, 0.6) is 0 Å². The first-order valence-corrected chi connectivity index (χ1v) is 10.2. The maximum absolute atomic E-state index is 12.8. The molecule has 3 heteroatoms. The second-order valence-electron chi connectivity index (χ2n) is 9.12. The summed E-state index contributed by atoms with van der Waals surface area (Å²) >= 11 is 0. The lowest BCUT2D eigenvalue weighted by atomic mass is 9.53. The van der Waals surface area contributed by atoms with E-state index in [-0.39, 0.29) is 17.5 Å². The Hall–Kier alpha value is -1.87. The van der Waals surface area contributed by atoms with E-state index < -0.39 is 0 Å². The topological polar surface area (TPSA) is 41.1 Å². The molecule has 3 nitrogen and oxygen atoms in total. The lowest BCUT2D eigenvalue weighted by molar-refractivity contribution is -0.119. The Balaban J connectivity index is 1.28. The predicted octanol–water partition coefficient (Wildman–Crippen LogP) is 4.73. The highest BCUT2D eigenvalue weighted by molar-refractivity contribution is 5.97. The van der Waals surface area contributed by atoms with Gasteiger partial charge in [-0.2, -0.15) is 0 Å². The lowest BCUT2D eigenvalue weighted by Crippen LogP contribution is -2.62. The molecule has 0 radical (unpaired) electrons. The van der Waals surface area contributed by atoms with Gasteiger partial charge in [0.25, 0.3) is 0 Å². The van der Waals surface area contributed by atoms with Gasteiger partial charge in [0.05, 0.1) is 6.04 Å². The van der Waals surface area contributed by atoms with Crippen LogP contribution in [0.1, 0.15) is 45.4 Å². The molecule has 2 aromatic carbocycles. The van der Waals surface area contributed by atoms with Crippen molar-refractivity contribution in [3.05, 3.63) is 42.5 Å². The molecular weight excluding hydrogens is 320 g/mol. The quantitative estimate of drug-likeness (QED) is 0.839. The Morgan fingerprint density at radius 2 is 1.58 bits per heavy atom. The molecule has 136 valence electrons. The maximum atomic E-state index is 12.8. The highest BCUT2D eigenvalue weighted by atomic mass is 16.2. The fraction of sp³-hybridized carbons (Fsp3) is 0.522. The summed E-state index contributed by atoms with van der Waals surface area (Å²) in [4.78, 5) is 12.8. The fourth-order valence-corrected chi connectivity index (χ4v) is 6.33. The van der Waals surface area contributed by atoms with Gasteiger partial charge in [-0.3, -0.25) is 4.79 Å². The van der Waals surface area contributed by atoms with E-state index in [0.29, 0.717) is 0 Å². The molecule has 4 saturated carbocycles. The van der Waals surface area contributed by atoms with Crippen LogP contribution in [-0.4, -0.2) is 17.5 Å². The normalized spacial score (nSPS) is 33.3. The highest BCUT2D eigenvalue weighted by Gasteiger charge is 2.51. The third-order valence-electron chi connectivity index (χ3n) is 6.97. The van der Waals surface area contributed by atoms with Gasteiger partial charge in [-0.1, -0.05) is 30.3 Å². The van der Waals surface area contributed by atoms with E-state index in [2.05, 4.69) is 34.9 Å². The van der Waals surface area contributed by atoms with Crippen LogP contribution < -0.4 is 10.6 Å². The van der Waals surface area contributed by atoms with E-state index in [1.807, 2.05) is 25.1 Å². The third-order valence-corrected chi connectivity index (χ3v) is 6.97. The Kier molecular flexibility index (Phi) is 3.82. The van der Waals surface area contributed by atoms with Gasteiger partial charge in [-0.25, -0.2) is 0 Å². The second-order valence-corrected chi connectivity index (χ2v) is 9.12. The van der Waals surface area contributed by atoms with Crippen molar-refractivity contribution in [3.63, 3.8) is 0 Å². The van der Waals surface area contributed by atoms with Crippen LogP contribution >= 0.6 is 0 Å².